The number of nitrogens with two attached hydrogens (primary N) is 1. The standard InChI is InChI=1S/C32H40FN7O5/c1-19(34)37-28(41)21-9-12-39(18-21)30(43)25-8-5-20(15-26(25)33)27-35-16-22(17-36-27)29(42)40(23-6-7-23)24-10-13-38(14-11-24)31(44)45-32(2,3)4/h5,8,15-17,21,23-24H,6-7,9-14,18H2,1-4H3,(H2,34,37,41). The van der Waals surface area contributed by atoms with Crippen molar-refractivity contribution in [3.63, 3.8) is 0 Å². The number of hydrogen-bond acceptors (Lipinski definition) is 7. The highest BCUT2D eigenvalue weighted by atomic mass is 19.1. The lowest BCUT2D eigenvalue weighted by Crippen LogP contribution is -2.50. The number of carbonyl (C=O) groups is 4. The van der Waals surface area contributed by atoms with E-state index in [9.17, 15) is 19.2 Å². The zero-order valence-corrected chi connectivity index (χ0v) is 26.2. The summed E-state index contributed by atoms with van der Waals surface area (Å²) in [5, 5.41) is 0. The van der Waals surface area contributed by atoms with Crippen molar-refractivity contribution in [2.75, 3.05) is 26.2 Å². The molecule has 1 aromatic carbocycles. The van der Waals surface area contributed by atoms with Crippen LogP contribution in [0.3, 0.4) is 0 Å². The maximum Gasteiger partial charge on any atom is 0.410 e. The van der Waals surface area contributed by atoms with E-state index in [0.717, 1.165) is 12.8 Å². The first-order valence-corrected chi connectivity index (χ1v) is 15.4. The molecule has 0 bridgehead atoms. The molecule has 5 rings (SSSR count). The number of likely N-dealkylation sites (tertiary alicyclic amines) is 2. The second-order valence-corrected chi connectivity index (χ2v) is 13.0. The van der Waals surface area contributed by atoms with E-state index >= 15 is 4.39 Å². The molecule has 1 atom stereocenters. The van der Waals surface area contributed by atoms with Gasteiger partial charge in [-0.25, -0.2) is 24.1 Å². The fourth-order valence-corrected chi connectivity index (χ4v) is 5.78. The molecule has 13 heteroatoms. The minimum atomic E-state index is -0.732. The van der Waals surface area contributed by atoms with E-state index in [2.05, 4.69) is 15.0 Å². The Hall–Kier alpha value is -4.42. The van der Waals surface area contributed by atoms with Gasteiger partial charge in [0, 0.05) is 56.2 Å². The topological polar surface area (TPSA) is 151 Å². The number of nitrogens with zero attached hydrogens (tertiary/aromatic N) is 6. The van der Waals surface area contributed by atoms with Crippen molar-refractivity contribution in [3.05, 3.63) is 47.5 Å². The lowest BCUT2D eigenvalue weighted by Gasteiger charge is -2.39. The van der Waals surface area contributed by atoms with E-state index in [1.165, 1.54) is 36.4 Å². The maximum atomic E-state index is 15.1. The molecule has 12 nitrogen and oxygen atoms in total. The van der Waals surface area contributed by atoms with E-state index < -0.39 is 23.2 Å². The number of aliphatic imine (C=N–C) groups is 1. The Morgan fingerprint density at radius 3 is 2.18 bits per heavy atom. The van der Waals surface area contributed by atoms with Gasteiger partial charge in [-0.2, -0.15) is 0 Å². The number of aromatic nitrogens is 2. The minimum Gasteiger partial charge on any atom is -0.444 e. The number of ether oxygens (including phenoxy) is 1. The number of carbonyl (C=O) groups excluding carboxylic acids is 4. The molecule has 1 unspecified atom stereocenters. The van der Waals surface area contributed by atoms with E-state index in [1.807, 2.05) is 25.7 Å². The molecule has 3 aliphatic rings. The lowest BCUT2D eigenvalue weighted by atomic mass is 10.0. The van der Waals surface area contributed by atoms with Gasteiger partial charge >= 0.3 is 6.09 Å². The van der Waals surface area contributed by atoms with Crippen LogP contribution >= 0.6 is 0 Å². The molecule has 0 spiro atoms. The molecule has 1 saturated carbocycles. The first kappa shape index (κ1) is 32.0. The number of amidine groups is 1. The molecule has 4 amide bonds. The molecule has 1 aliphatic carbocycles. The summed E-state index contributed by atoms with van der Waals surface area (Å²) >= 11 is 0. The van der Waals surface area contributed by atoms with Crippen molar-refractivity contribution in [1.82, 2.24) is 24.7 Å². The van der Waals surface area contributed by atoms with Gasteiger partial charge in [-0.1, -0.05) is 6.07 Å². The molecule has 2 aliphatic heterocycles. The van der Waals surface area contributed by atoms with Crippen LogP contribution in [0.1, 0.15) is 80.5 Å². The molecule has 2 saturated heterocycles. The van der Waals surface area contributed by atoms with Crippen LogP contribution in [0.25, 0.3) is 11.4 Å². The normalized spacial score (nSPS) is 19.4. The van der Waals surface area contributed by atoms with E-state index in [-0.39, 0.29) is 53.8 Å². The predicted octanol–water partition coefficient (Wildman–Crippen LogP) is 3.65. The predicted molar refractivity (Wildman–Crippen MR) is 164 cm³/mol. The molecule has 2 aromatic rings. The summed E-state index contributed by atoms with van der Waals surface area (Å²) in [5.41, 5.74) is 5.50. The van der Waals surface area contributed by atoms with Gasteiger partial charge in [-0.05, 0) is 71.9 Å². The molecule has 0 radical (unpaired) electrons. The van der Waals surface area contributed by atoms with E-state index in [4.69, 9.17) is 10.5 Å². The molecule has 45 heavy (non-hydrogen) atoms. The van der Waals surface area contributed by atoms with Gasteiger partial charge in [-0.15, -0.1) is 0 Å². The van der Waals surface area contributed by atoms with Crippen molar-refractivity contribution in [2.24, 2.45) is 16.6 Å². The third-order valence-corrected chi connectivity index (χ3v) is 8.15. The first-order chi connectivity index (χ1) is 21.3. The minimum absolute atomic E-state index is 0.0101. The van der Waals surface area contributed by atoms with Crippen LogP contribution in [0.4, 0.5) is 9.18 Å². The van der Waals surface area contributed by atoms with Gasteiger partial charge in [-0.3, -0.25) is 14.4 Å². The third-order valence-electron chi connectivity index (χ3n) is 8.15. The van der Waals surface area contributed by atoms with Crippen LogP contribution in [0.5, 0.6) is 0 Å². The lowest BCUT2D eigenvalue weighted by molar-refractivity contribution is -0.121. The quantitative estimate of drug-likeness (QED) is 0.379. The van der Waals surface area contributed by atoms with Gasteiger partial charge in [0.2, 0.25) is 0 Å². The summed E-state index contributed by atoms with van der Waals surface area (Å²) in [6, 6.07) is 4.27. The van der Waals surface area contributed by atoms with Gasteiger partial charge in [0.25, 0.3) is 17.7 Å². The highest BCUT2D eigenvalue weighted by molar-refractivity contribution is 5.97. The van der Waals surface area contributed by atoms with Crippen molar-refractivity contribution in [2.45, 2.75) is 77.5 Å². The molecular weight excluding hydrogens is 581 g/mol. The average molecular weight is 622 g/mol. The Bertz CT molecular complexity index is 1490. The Kier molecular flexibility index (Phi) is 9.17. The Balaban J connectivity index is 1.22. The molecule has 240 valence electrons. The monoisotopic (exact) mass is 621 g/mol. The largest absolute Gasteiger partial charge is 0.444 e. The first-order valence-electron chi connectivity index (χ1n) is 15.4. The van der Waals surface area contributed by atoms with Crippen LogP contribution in [-0.2, 0) is 9.53 Å². The zero-order chi connectivity index (χ0) is 32.5. The van der Waals surface area contributed by atoms with Crippen molar-refractivity contribution in [3.8, 4) is 11.4 Å². The van der Waals surface area contributed by atoms with Gasteiger partial charge in [0.15, 0.2) is 5.82 Å². The summed E-state index contributed by atoms with van der Waals surface area (Å²) in [7, 11) is 0. The van der Waals surface area contributed by atoms with Gasteiger partial charge in [0.05, 0.1) is 22.9 Å². The number of amides is 4. The maximum absolute atomic E-state index is 15.1. The summed E-state index contributed by atoms with van der Waals surface area (Å²) in [5.74, 6) is -1.89. The average Bonchev–Trinajstić information content (AvgIpc) is 3.69. The van der Waals surface area contributed by atoms with E-state index in [0.29, 0.717) is 50.0 Å². The fourth-order valence-electron chi connectivity index (χ4n) is 5.78. The molecule has 1 aromatic heterocycles. The number of rotatable bonds is 6. The summed E-state index contributed by atoms with van der Waals surface area (Å²) in [6.45, 7) is 8.51. The zero-order valence-electron chi connectivity index (χ0n) is 26.2. The van der Waals surface area contributed by atoms with Crippen molar-refractivity contribution in [1.29, 1.82) is 0 Å². The number of hydrogen-bond donors (Lipinski definition) is 1. The Morgan fingerprint density at radius 2 is 1.60 bits per heavy atom. The molecule has 3 heterocycles. The Labute approximate surface area is 261 Å². The number of benzene rings is 1. The van der Waals surface area contributed by atoms with Crippen LogP contribution in [0.15, 0.2) is 35.6 Å². The fraction of sp³-hybridized carbons (Fsp3) is 0.531. The smallest absolute Gasteiger partial charge is 0.410 e. The third kappa shape index (κ3) is 7.63. The second-order valence-electron chi connectivity index (χ2n) is 13.0. The highest BCUT2D eigenvalue weighted by Crippen LogP contribution is 2.33. The molecule has 3 fully saturated rings. The van der Waals surface area contributed by atoms with Gasteiger partial charge in [0.1, 0.15) is 11.4 Å². The van der Waals surface area contributed by atoms with E-state index in [1.54, 1.807) is 11.0 Å². The SMILES string of the molecule is CC(N)=NC(=O)C1CCN(C(=O)c2ccc(-c3ncc(C(=O)N(C4CC4)C4CCN(C(=O)OC(C)(C)C)CC4)cn3)cc2F)C1. The number of halogens is 1. The summed E-state index contributed by atoms with van der Waals surface area (Å²) in [4.78, 5) is 68.7. The summed E-state index contributed by atoms with van der Waals surface area (Å²) in [6.07, 6.45) is 6.14. The van der Waals surface area contributed by atoms with Crippen LogP contribution < -0.4 is 5.73 Å². The Morgan fingerprint density at radius 1 is 0.978 bits per heavy atom. The molecular formula is C32H40FN7O5. The second kappa shape index (κ2) is 12.9. The molecule has 2 N–H and O–H groups in total. The van der Waals surface area contributed by atoms with Gasteiger partial charge < -0.3 is 25.2 Å². The van der Waals surface area contributed by atoms with Crippen molar-refractivity contribution < 1.29 is 28.3 Å². The van der Waals surface area contributed by atoms with Crippen molar-refractivity contribution >= 4 is 29.7 Å². The number of piperidine rings is 1. The highest BCUT2D eigenvalue weighted by Gasteiger charge is 2.40. The van der Waals surface area contributed by atoms with Crippen LogP contribution in [0, 0.1) is 11.7 Å². The van der Waals surface area contributed by atoms with Crippen LogP contribution in [-0.4, -0.2) is 98.2 Å². The summed E-state index contributed by atoms with van der Waals surface area (Å²) < 4.78 is 20.6. The van der Waals surface area contributed by atoms with Crippen LogP contribution in [0.2, 0.25) is 0 Å².